The van der Waals surface area contributed by atoms with Crippen LogP contribution in [0.5, 0.6) is 0 Å². The normalized spacial score (nSPS) is 31.3. The van der Waals surface area contributed by atoms with Gasteiger partial charge in [-0.3, -0.25) is 4.79 Å². The Bertz CT molecular complexity index is 138. The van der Waals surface area contributed by atoms with Gasteiger partial charge in [-0.15, -0.1) is 0 Å². The van der Waals surface area contributed by atoms with Gasteiger partial charge in [0.05, 0.1) is 6.10 Å². The van der Waals surface area contributed by atoms with Crippen LogP contribution < -0.4 is 5.32 Å². The standard InChI is InChI=1S/C5H9NO3.Ca.2H/c7-3-1-4(5(8)9)6-2-3;;;/h3-4,6-7H,1-2H2,(H,8,9);;;/q;+2;2*-1. The summed E-state index contributed by atoms with van der Waals surface area (Å²) in [6, 6.07) is -0.542. The van der Waals surface area contributed by atoms with E-state index in [0.29, 0.717) is 13.0 Å². The van der Waals surface area contributed by atoms with Crippen LogP contribution >= 0.6 is 0 Å². The van der Waals surface area contributed by atoms with Crippen molar-refractivity contribution in [3.63, 3.8) is 0 Å². The molecule has 5 heteroatoms. The van der Waals surface area contributed by atoms with Crippen LogP contribution in [0.15, 0.2) is 0 Å². The van der Waals surface area contributed by atoms with Crippen molar-refractivity contribution in [3.8, 4) is 0 Å². The third kappa shape index (κ3) is 2.72. The summed E-state index contributed by atoms with van der Waals surface area (Å²) in [5, 5.41) is 19.8. The summed E-state index contributed by atoms with van der Waals surface area (Å²) in [4.78, 5) is 10.2. The summed E-state index contributed by atoms with van der Waals surface area (Å²) in [5.41, 5.74) is 0. The maximum Gasteiger partial charge on any atom is 2.00 e. The van der Waals surface area contributed by atoms with Crippen LogP contribution in [-0.2, 0) is 4.79 Å². The van der Waals surface area contributed by atoms with Gasteiger partial charge in [-0.25, -0.2) is 0 Å². The number of aliphatic carboxylic acids is 1. The van der Waals surface area contributed by atoms with Gasteiger partial charge < -0.3 is 18.4 Å². The van der Waals surface area contributed by atoms with Crippen molar-refractivity contribution in [2.45, 2.75) is 18.6 Å². The molecule has 0 aromatic rings. The van der Waals surface area contributed by atoms with Gasteiger partial charge in [0.25, 0.3) is 0 Å². The molecule has 1 rings (SSSR count). The van der Waals surface area contributed by atoms with Gasteiger partial charge >= 0.3 is 43.7 Å². The number of carboxylic acid groups (broad SMARTS) is 1. The van der Waals surface area contributed by atoms with Crippen LogP contribution in [0.25, 0.3) is 0 Å². The second kappa shape index (κ2) is 4.51. The maximum absolute atomic E-state index is 10.2. The minimum Gasteiger partial charge on any atom is -1.00 e. The molecule has 0 bridgehead atoms. The number of β-amino-alcohol motifs (C(OH)–C–C–N with tert-alkyl or cyclic N) is 1. The molecule has 1 heterocycles. The molecule has 0 radical (unpaired) electrons. The van der Waals surface area contributed by atoms with Crippen molar-refractivity contribution in [1.29, 1.82) is 0 Å². The van der Waals surface area contributed by atoms with Gasteiger partial charge in [-0.05, 0) is 0 Å². The van der Waals surface area contributed by atoms with Gasteiger partial charge in [-0.2, -0.15) is 0 Å². The summed E-state index contributed by atoms with van der Waals surface area (Å²) in [7, 11) is 0. The third-order valence-corrected chi connectivity index (χ3v) is 1.41. The Morgan fingerprint density at radius 2 is 2.30 bits per heavy atom. The van der Waals surface area contributed by atoms with Gasteiger partial charge in [0, 0.05) is 13.0 Å². The van der Waals surface area contributed by atoms with E-state index in [0.717, 1.165) is 0 Å². The van der Waals surface area contributed by atoms with E-state index >= 15 is 0 Å². The number of aliphatic hydroxyl groups excluding tert-OH is 1. The van der Waals surface area contributed by atoms with E-state index in [2.05, 4.69) is 5.32 Å². The summed E-state index contributed by atoms with van der Waals surface area (Å²) in [6.07, 6.45) is -0.152. The Morgan fingerprint density at radius 1 is 1.70 bits per heavy atom. The minimum atomic E-state index is -0.883. The smallest absolute Gasteiger partial charge is 1.00 e. The number of carboxylic acids is 1. The number of hydrogen-bond acceptors (Lipinski definition) is 3. The molecule has 2 unspecified atom stereocenters. The molecular formula is C5H11CaNO3. The van der Waals surface area contributed by atoms with Gasteiger partial charge in [0.2, 0.25) is 0 Å². The molecule has 2 atom stereocenters. The maximum atomic E-state index is 10.2. The van der Waals surface area contributed by atoms with Gasteiger partial charge in [0.15, 0.2) is 0 Å². The zero-order valence-corrected chi connectivity index (χ0v) is 7.79. The Hall–Kier alpha value is 0.650. The number of nitrogens with one attached hydrogen (secondary N) is 1. The Morgan fingerprint density at radius 3 is 2.50 bits per heavy atom. The van der Waals surface area contributed by atoms with Crippen LogP contribution in [0, 0.1) is 0 Å². The molecule has 3 N–H and O–H groups in total. The number of carbonyl (C=O) groups is 1. The first-order chi connectivity index (χ1) is 4.20. The summed E-state index contributed by atoms with van der Waals surface area (Å²) in [6.45, 7) is 0.400. The summed E-state index contributed by atoms with van der Waals surface area (Å²) < 4.78 is 0. The zero-order chi connectivity index (χ0) is 6.85. The topological polar surface area (TPSA) is 69.6 Å². The van der Waals surface area contributed by atoms with Crippen molar-refractivity contribution in [3.05, 3.63) is 0 Å². The fourth-order valence-electron chi connectivity index (χ4n) is 0.905. The molecule has 4 nitrogen and oxygen atoms in total. The molecule has 0 aromatic heterocycles. The molecule has 10 heavy (non-hydrogen) atoms. The second-order valence-corrected chi connectivity index (χ2v) is 2.19. The largest absolute Gasteiger partial charge is 2.00 e. The summed E-state index contributed by atoms with van der Waals surface area (Å²) >= 11 is 0. The fourth-order valence-corrected chi connectivity index (χ4v) is 0.905. The van der Waals surface area contributed by atoms with Crippen LogP contribution in [0.3, 0.4) is 0 Å². The van der Waals surface area contributed by atoms with E-state index < -0.39 is 18.1 Å². The quantitative estimate of drug-likeness (QED) is 0.428. The molecule has 1 saturated heterocycles. The van der Waals surface area contributed by atoms with Gasteiger partial charge in [-0.1, -0.05) is 0 Å². The SMILES string of the molecule is O=C(O)C1CC(O)CN1.[Ca+2].[H-].[H-]. The molecular weight excluding hydrogens is 162 g/mol. The zero-order valence-electron chi connectivity index (χ0n) is 7.58. The van der Waals surface area contributed by atoms with Gasteiger partial charge in [0.1, 0.15) is 6.04 Å². The van der Waals surface area contributed by atoms with Crippen LogP contribution in [0.2, 0.25) is 0 Å². The van der Waals surface area contributed by atoms with Crippen LogP contribution in [0.4, 0.5) is 0 Å². The molecule has 0 aromatic carbocycles. The second-order valence-electron chi connectivity index (χ2n) is 2.19. The Kier molecular flexibility index (Phi) is 4.81. The number of aliphatic hydroxyl groups is 1. The molecule has 1 fully saturated rings. The first kappa shape index (κ1) is 10.6. The predicted molar refractivity (Wildman–Crippen MR) is 38.0 cm³/mol. The first-order valence-corrected chi connectivity index (χ1v) is 2.84. The molecule has 1 aliphatic rings. The monoisotopic (exact) mass is 173 g/mol. The summed E-state index contributed by atoms with van der Waals surface area (Å²) in [5.74, 6) is -0.883. The van der Waals surface area contributed by atoms with Crippen molar-refractivity contribution < 1.29 is 17.9 Å². The molecule has 0 amide bonds. The van der Waals surface area contributed by atoms with Crippen molar-refractivity contribution >= 4 is 43.7 Å². The first-order valence-electron chi connectivity index (χ1n) is 2.84. The molecule has 0 spiro atoms. The van der Waals surface area contributed by atoms with E-state index in [4.69, 9.17) is 10.2 Å². The van der Waals surface area contributed by atoms with Crippen LogP contribution in [0.1, 0.15) is 9.27 Å². The molecule has 0 aliphatic carbocycles. The van der Waals surface area contributed by atoms with E-state index in [1.165, 1.54) is 0 Å². The average molecular weight is 173 g/mol. The van der Waals surface area contributed by atoms with E-state index in [-0.39, 0.29) is 40.6 Å². The van der Waals surface area contributed by atoms with Crippen molar-refractivity contribution in [2.75, 3.05) is 6.54 Å². The third-order valence-electron chi connectivity index (χ3n) is 1.41. The van der Waals surface area contributed by atoms with Crippen molar-refractivity contribution in [1.82, 2.24) is 5.32 Å². The van der Waals surface area contributed by atoms with Crippen molar-refractivity contribution in [2.24, 2.45) is 0 Å². The minimum absolute atomic E-state index is 0. The fraction of sp³-hybridized carbons (Fsp3) is 0.800. The average Bonchev–Trinajstić information content (AvgIpc) is 2.14. The number of rotatable bonds is 1. The van der Waals surface area contributed by atoms with E-state index in [1.807, 2.05) is 0 Å². The van der Waals surface area contributed by atoms with E-state index in [9.17, 15) is 4.79 Å². The Labute approximate surface area is 91.6 Å². The predicted octanol–water partition coefficient (Wildman–Crippen LogP) is -1.36. The molecule has 1 aliphatic heterocycles. The van der Waals surface area contributed by atoms with E-state index in [1.54, 1.807) is 0 Å². The Balaban J connectivity index is -0.000000270. The molecule has 56 valence electrons. The van der Waals surface area contributed by atoms with Crippen LogP contribution in [-0.4, -0.2) is 72.6 Å². The molecule has 0 saturated carbocycles. The number of hydrogen-bond donors (Lipinski definition) is 3.